The Morgan fingerprint density at radius 1 is 1.26 bits per heavy atom. The van der Waals surface area contributed by atoms with E-state index in [1.807, 2.05) is 48.1 Å². The maximum Gasteiger partial charge on any atom is 0.105 e. The van der Waals surface area contributed by atoms with E-state index in [1.165, 1.54) is 0 Å². The normalized spacial score (nSPS) is 10.8. The van der Waals surface area contributed by atoms with Crippen molar-refractivity contribution in [2.24, 2.45) is 0 Å². The summed E-state index contributed by atoms with van der Waals surface area (Å²) in [4.78, 5) is 8.61. The molecule has 0 amide bonds. The van der Waals surface area contributed by atoms with Gasteiger partial charge in [-0.3, -0.25) is 0 Å². The standard InChI is InChI=1S/C14H13ClN4/c1-11-16-5-6-18(11)8-13-9-19(10-17-13)14-4-2-3-12(15)7-14/h2-7,9-10H,8H2,1H3. The highest BCUT2D eigenvalue weighted by atomic mass is 35.5. The van der Waals surface area contributed by atoms with Crippen LogP contribution in [0.25, 0.3) is 5.69 Å². The molecule has 3 rings (SSSR count). The number of benzene rings is 1. The number of halogens is 1. The number of imidazole rings is 2. The topological polar surface area (TPSA) is 35.6 Å². The molecule has 0 aliphatic heterocycles. The molecule has 0 unspecified atom stereocenters. The summed E-state index contributed by atoms with van der Waals surface area (Å²) in [5.41, 5.74) is 2.00. The van der Waals surface area contributed by atoms with Crippen LogP contribution in [0, 0.1) is 6.92 Å². The lowest BCUT2D eigenvalue weighted by Gasteiger charge is -2.02. The minimum Gasteiger partial charge on any atom is -0.329 e. The van der Waals surface area contributed by atoms with Crippen LogP contribution in [0.2, 0.25) is 5.02 Å². The zero-order chi connectivity index (χ0) is 13.2. The van der Waals surface area contributed by atoms with Gasteiger partial charge in [0.05, 0.1) is 18.6 Å². The van der Waals surface area contributed by atoms with Gasteiger partial charge in [0.1, 0.15) is 5.82 Å². The van der Waals surface area contributed by atoms with Crippen LogP contribution in [0.5, 0.6) is 0 Å². The summed E-state index contributed by atoms with van der Waals surface area (Å²) in [7, 11) is 0. The van der Waals surface area contributed by atoms with Gasteiger partial charge in [0, 0.05) is 29.3 Å². The maximum atomic E-state index is 5.99. The van der Waals surface area contributed by atoms with Crippen molar-refractivity contribution in [3.05, 3.63) is 65.7 Å². The third-order valence-electron chi connectivity index (χ3n) is 3.00. The van der Waals surface area contributed by atoms with E-state index in [9.17, 15) is 0 Å². The van der Waals surface area contributed by atoms with Gasteiger partial charge in [-0.2, -0.15) is 0 Å². The van der Waals surface area contributed by atoms with E-state index >= 15 is 0 Å². The summed E-state index contributed by atoms with van der Waals surface area (Å²) >= 11 is 5.99. The van der Waals surface area contributed by atoms with E-state index in [-0.39, 0.29) is 0 Å². The fraction of sp³-hybridized carbons (Fsp3) is 0.143. The molecule has 0 saturated carbocycles. The maximum absolute atomic E-state index is 5.99. The summed E-state index contributed by atoms with van der Waals surface area (Å²) in [5.74, 6) is 0.984. The highest BCUT2D eigenvalue weighted by molar-refractivity contribution is 6.30. The largest absolute Gasteiger partial charge is 0.329 e. The van der Waals surface area contributed by atoms with Crippen LogP contribution >= 0.6 is 11.6 Å². The number of rotatable bonds is 3. The Kier molecular flexibility index (Phi) is 3.09. The van der Waals surface area contributed by atoms with Crippen LogP contribution in [0.3, 0.4) is 0 Å². The Labute approximate surface area is 116 Å². The zero-order valence-corrected chi connectivity index (χ0v) is 11.2. The second kappa shape index (κ2) is 4.90. The molecule has 0 bridgehead atoms. The summed E-state index contributed by atoms with van der Waals surface area (Å²) < 4.78 is 4.03. The van der Waals surface area contributed by atoms with Gasteiger partial charge in [-0.25, -0.2) is 9.97 Å². The minimum atomic E-state index is 0.721. The molecule has 2 aromatic heterocycles. The van der Waals surface area contributed by atoms with Crippen LogP contribution in [0.15, 0.2) is 49.2 Å². The lowest BCUT2D eigenvalue weighted by atomic mass is 10.3. The molecule has 0 radical (unpaired) electrons. The highest BCUT2D eigenvalue weighted by Gasteiger charge is 2.04. The molecule has 1 aromatic carbocycles. The number of aryl methyl sites for hydroxylation is 1. The fourth-order valence-electron chi connectivity index (χ4n) is 1.97. The van der Waals surface area contributed by atoms with Crippen molar-refractivity contribution in [3.63, 3.8) is 0 Å². The van der Waals surface area contributed by atoms with Gasteiger partial charge >= 0.3 is 0 Å². The molecule has 0 spiro atoms. The molecule has 0 fully saturated rings. The van der Waals surface area contributed by atoms with Gasteiger partial charge in [-0.05, 0) is 25.1 Å². The molecule has 0 aliphatic carbocycles. The zero-order valence-electron chi connectivity index (χ0n) is 10.5. The summed E-state index contributed by atoms with van der Waals surface area (Å²) in [6.07, 6.45) is 7.55. The SMILES string of the molecule is Cc1nccn1Cc1cn(-c2cccc(Cl)c2)cn1. The van der Waals surface area contributed by atoms with Crippen molar-refractivity contribution in [2.75, 3.05) is 0 Å². The molecule has 96 valence electrons. The Morgan fingerprint density at radius 3 is 2.89 bits per heavy atom. The number of nitrogens with zero attached hydrogens (tertiary/aromatic N) is 4. The van der Waals surface area contributed by atoms with Crippen molar-refractivity contribution in [3.8, 4) is 5.69 Å². The summed E-state index contributed by atoms with van der Waals surface area (Å²) in [5, 5.41) is 0.721. The first kappa shape index (κ1) is 12.0. The Hall–Kier alpha value is -2.07. The Morgan fingerprint density at radius 2 is 2.16 bits per heavy atom. The van der Waals surface area contributed by atoms with Gasteiger partial charge in [0.25, 0.3) is 0 Å². The van der Waals surface area contributed by atoms with E-state index in [0.29, 0.717) is 0 Å². The predicted octanol–water partition coefficient (Wildman–Crippen LogP) is 3.08. The van der Waals surface area contributed by atoms with Crippen molar-refractivity contribution in [1.29, 1.82) is 0 Å². The molecular weight excluding hydrogens is 260 g/mol. The molecule has 4 nitrogen and oxygen atoms in total. The Bertz CT molecular complexity index is 699. The van der Waals surface area contributed by atoms with Crippen LogP contribution in [0.4, 0.5) is 0 Å². The van der Waals surface area contributed by atoms with Crippen LogP contribution < -0.4 is 0 Å². The molecule has 0 saturated heterocycles. The first-order chi connectivity index (χ1) is 9.22. The summed E-state index contributed by atoms with van der Waals surface area (Å²) in [6, 6.07) is 7.70. The average Bonchev–Trinajstić information content (AvgIpc) is 3.00. The average molecular weight is 273 g/mol. The van der Waals surface area contributed by atoms with Crippen molar-refractivity contribution < 1.29 is 0 Å². The first-order valence-electron chi connectivity index (χ1n) is 5.99. The van der Waals surface area contributed by atoms with Crippen molar-refractivity contribution >= 4 is 11.6 Å². The van der Waals surface area contributed by atoms with Gasteiger partial charge in [0.2, 0.25) is 0 Å². The molecular formula is C14H13ClN4. The number of aromatic nitrogens is 4. The minimum absolute atomic E-state index is 0.721. The van der Waals surface area contributed by atoms with E-state index in [4.69, 9.17) is 11.6 Å². The number of hydrogen-bond acceptors (Lipinski definition) is 2. The predicted molar refractivity (Wildman–Crippen MR) is 74.6 cm³/mol. The van der Waals surface area contributed by atoms with Gasteiger partial charge in [-0.15, -0.1) is 0 Å². The highest BCUT2D eigenvalue weighted by Crippen LogP contribution is 2.15. The first-order valence-corrected chi connectivity index (χ1v) is 6.37. The van der Waals surface area contributed by atoms with Crippen LogP contribution in [-0.4, -0.2) is 19.1 Å². The monoisotopic (exact) mass is 272 g/mol. The number of hydrogen-bond donors (Lipinski definition) is 0. The quantitative estimate of drug-likeness (QED) is 0.734. The second-order valence-corrected chi connectivity index (χ2v) is 4.79. The molecule has 2 heterocycles. The van der Waals surface area contributed by atoms with Crippen LogP contribution in [-0.2, 0) is 6.54 Å². The molecule has 0 atom stereocenters. The molecule has 19 heavy (non-hydrogen) atoms. The third-order valence-corrected chi connectivity index (χ3v) is 3.23. The molecule has 0 aliphatic rings. The van der Waals surface area contributed by atoms with Crippen molar-refractivity contribution in [2.45, 2.75) is 13.5 Å². The molecule has 3 aromatic rings. The van der Waals surface area contributed by atoms with E-state index < -0.39 is 0 Å². The van der Waals surface area contributed by atoms with Crippen LogP contribution in [0.1, 0.15) is 11.5 Å². The summed E-state index contributed by atoms with van der Waals surface area (Å²) in [6.45, 7) is 2.70. The molecule has 0 N–H and O–H groups in total. The second-order valence-electron chi connectivity index (χ2n) is 4.35. The van der Waals surface area contributed by atoms with Gasteiger partial charge in [-0.1, -0.05) is 17.7 Å². The lowest BCUT2D eigenvalue weighted by molar-refractivity contribution is 0.746. The van der Waals surface area contributed by atoms with Gasteiger partial charge in [0.15, 0.2) is 0 Å². The van der Waals surface area contributed by atoms with E-state index in [2.05, 4.69) is 14.5 Å². The van der Waals surface area contributed by atoms with E-state index in [0.717, 1.165) is 28.8 Å². The third kappa shape index (κ3) is 2.53. The smallest absolute Gasteiger partial charge is 0.105 e. The molecule has 5 heteroatoms. The Balaban J connectivity index is 1.86. The lowest BCUT2D eigenvalue weighted by Crippen LogP contribution is -2.00. The fourth-order valence-corrected chi connectivity index (χ4v) is 2.15. The van der Waals surface area contributed by atoms with Crippen molar-refractivity contribution in [1.82, 2.24) is 19.1 Å². The van der Waals surface area contributed by atoms with E-state index in [1.54, 1.807) is 12.5 Å². The van der Waals surface area contributed by atoms with Gasteiger partial charge < -0.3 is 9.13 Å².